The van der Waals surface area contributed by atoms with Crippen LogP contribution in [0.2, 0.25) is 0 Å². The van der Waals surface area contributed by atoms with Gasteiger partial charge in [-0.3, -0.25) is 4.79 Å². The zero-order chi connectivity index (χ0) is 16.4. The number of hydrogen-bond donors (Lipinski definition) is 2. The van der Waals surface area contributed by atoms with Crippen LogP contribution in [0, 0.1) is 5.92 Å². The van der Waals surface area contributed by atoms with Crippen LogP contribution in [0.15, 0.2) is 24.3 Å². The predicted molar refractivity (Wildman–Crippen MR) is 95.3 cm³/mol. The van der Waals surface area contributed by atoms with E-state index >= 15 is 0 Å². The van der Waals surface area contributed by atoms with Gasteiger partial charge in [-0.25, -0.2) is 0 Å². The summed E-state index contributed by atoms with van der Waals surface area (Å²) in [4.78, 5) is 11.8. The number of nitrogens with one attached hydrogen (secondary N) is 2. The van der Waals surface area contributed by atoms with E-state index < -0.39 is 0 Å². The number of benzene rings is 1. The fourth-order valence-corrected chi connectivity index (χ4v) is 1.87. The summed E-state index contributed by atoms with van der Waals surface area (Å²) in [5.41, 5.74) is 1.06. The lowest BCUT2D eigenvalue weighted by atomic mass is 10.1. The minimum Gasteiger partial charge on any atom is -0.493 e. The van der Waals surface area contributed by atoms with Gasteiger partial charge in [0.15, 0.2) is 0 Å². The van der Waals surface area contributed by atoms with Gasteiger partial charge in [0, 0.05) is 13.7 Å². The van der Waals surface area contributed by atoms with Crippen LogP contribution in [0.1, 0.15) is 32.4 Å². The molecule has 1 atom stereocenters. The molecule has 0 aliphatic rings. The topological polar surface area (TPSA) is 59.6 Å². The Morgan fingerprint density at radius 1 is 1.17 bits per heavy atom. The van der Waals surface area contributed by atoms with Crippen molar-refractivity contribution >= 4 is 18.3 Å². The lowest BCUT2D eigenvalue weighted by molar-refractivity contribution is -0.120. The van der Waals surface area contributed by atoms with Crippen molar-refractivity contribution in [2.45, 2.75) is 26.8 Å². The second kappa shape index (κ2) is 12.2. The molecule has 1 rings (SSSR count). The molecule has 6 heteroatoms. The molecule has 0 radical (unpaired) electrons. The molecule has 2 N–H and O–H groups in total. The molecule has 1 amide bonds. The lowest BCUT2D eigenvalue weighted by Crippen LogP contribution is -2.36. The van der Waals surface area contributed by atoms with E-state index in [1.807, 2.05) is 31.2 Å². The van der Waals surface area contributed by atoms with Crippen LogP contribution in [0.3, 0.4) is 0 Å². The van der Waals surface area contributed by atoms with Gasteiger partial charge in [0.05, 0.1) is 25.8 Å². The Bertz CT molecular complexity index is 438. The summed E-state index contributed by atoms with van der Waals surface area (Å²) in [6.45, 7) is 8.47. The van der Waals surface area contributed by atoms with Crippen LogP contribution >= 0.6 is 12.4 Å². The van der Waals surface area contributed by atoms with E-state index in [2.05, 4.69) is 24.5 Å². The molecule has 5 nitrogen and oxygen atoms in total. The first-order valence-electron chi connectivity index (χ1n) is 7.74. The van der Waals surface area contributed by atoms with Crippen molar-refractivity contribution in [3.05, 3.63) is 29.8 Å². The Morgan fingerprint density at radius 3 is 2.39 bits per heavy atom. The van der Waals surface area contributed by atoms with Crippen LogP contribution in [0.5, 0.6) is 5.75 Å². The summed E-state index contributed by atoms with van der Waals surface area (Å²) in [5, 5.41) is 5.98. The van der Waals surface area contributed by atoms with Crippen LogP contribution in [-0.2, 0) is 9.53 Å². The maximum Gasteiger partial charge on any atom is 0.234 e. The SMILES string of the molecule is COCCNCC(=O)NC(C)c1ccc(OCC(C)C)cc1.Cl. The molecule has 0 fully saturated rings. The first-order chi connectivity index (χ1) is 10.5. The van der Waals surface area contributed by atoms with E-state index in [0.29, 0.717) is 32.2 Å². The largest absolute Gasteiger partial charge is 0.493 e. The third kappa shape index (κ3) is 9.43. The van der Waals surface area contributed by atoms with Crippen molar-refractivity contribution in [1.29, 1.82) is 0 Å². The number of methoxy groups -OCH3 is 1. The molecule has 0 aromatic heterocycles. The van der Waals surface area contributed by atoms with Gasteiger partial charge in [0.25, 0.3) is 0 Å². The van der Waals surface area contributed by atoms with E-state index in [9.17, 15) is 4.79 Å². The summed E-state index contributed by atoms with van der Waals surface area (Å²) in [6.07, 6.45) is 0. The number of hydrogen-bond acceptors (Lipinski definition) is 4. The highest BCUT2D eigenvalue weighted by molar-refractivity contribution is 5.85. The second-order valence-corrected chi connectivity index (χ2v) is 5.73. The minimum atomic E-state index is -0.0316. The number of amides is 1. The molecule has 0 bridgehead atoms. The van der Waals surface area contributed by atoms with Gasteiger partial charge >= 0.3 is 0 Å². The molecule has 0 saturated heterocycles. The van der Waals surface area contributed by atoms with Gasteiger partial charge in [0.2, 0.25) is 5.91 Å². The van der Waals surface area contributed by atoms with Crippen LogP contribution in [-0.4, -0.2) is 39.3 Å². The summed E-state index contributed by atoms with van der Waals surface area (Å²) < 4.78 is 10.6. The molecule has 0 heterocycles. The standard InChI is InChI=1S/C17H28N2O3.ClH/c1-13(2)12-22-16-7-5-15(6-8-16)14(3)19-17(20)11-18-9-10-21-4;/h5-8,13-14,18H,9-12H2,1-4H3,(H,19,20);1H. The quantitative estimate of drug-likeness (QED) is 0.640. The highest BCUT2D eigenvalue weighted by Gasteiger charge is 2.09. The fraction of sp³-hybridized carbons (Fsp3) is 0.588. The number of rotatable bonds is 10. The Hall–Kier alpha value is -1.30. The summed E-state index contributed by atoms with van der Waals surface area (Å²) in [7, 11) is 1.64. The maximum atomic E-state index is 11.8. The molecule has 132 valence electrons. The molecule has 0 aliphatic carbocycles. The van der Waals surface area contributed by atoms with Crippen molar-refractivity contribution < 1.29 is 14.3 Å². The third-order valence-electron chi connectivity index (χ3n) is 3.11. The summed E-state index contributed by atoms with van der Waals surface area (Å²) in [6, 6.07) is 7.82. The Labute approximate surface area is 145 Å². The normalized spacial score (nSPS) is 11.7. The first-order valence-corrected chi connectivity index (χ1v) is 7.74. The molecule has 1 unspecified atom stereocenters. The predicted octanol–water partition coefficient (Wildman–Crippen LogP) is 2.56. The molecule has 1 aromatic carbocycles. The van der Waals surface area contributed by atoms with E-state index in [0.717, 1.165) is 11.3 Å². The average molecular weight is 345 g/mol. The molecule has 0 aliphatic heterocycles. The monoisotopic (exact) mass is 344 g/mol. The second-order valence-electron chi connectivity index (χ2n) is 5.73. The number of halogens is 1. The first kappa shape index (κ1) is 21.7. The van der Waals surface area contributed by atoms with E-state index in [-0.39, 0.29) is 24.4 Å². The summed E-state index contributed by atoms with van der Waals surface area (Å²) >= 11 is 0. The van der Waals surface area contributed by atoms with Crippen molar-refractivity contribution in [1.82, 2.24) is 10.6 Å². The van der Waals surface area contributed by atoms with Crippen LogP contribution in [0.25, 0.3) is 0 Å². The number of ether oxygens (including phenoxy) is 2. The zero-order valence-electron chi connectivity index (χ0n) is 14.4. The van der Waals surface area contributed by atoms with Gasteiger partial charge in [-0.05, 0) is 30.5 Å². The van der Waals surface area contributed by atoms with E-state index in [1.165, 1.54) is 0 Å². The van der Waals surface area contributed by atoms with Gasteiger partial charge in [-0.15, -0.1) is 12.4 Å². The number of carbonyl (C=O) groups is 1. The van der Waals surface area contributed by atoms with Crippen molar-refractivity contribution in [3.8, 4) is 5.75 Å². The molecular weight excluding hydrogens is 316 g/mol. The van der Waals surface area contributed by atoms with Gasteiger partial charge in [-0.2, -0.15) is 0 Å². The minimum absolute atomic E-state index is 0. The molecule has 0 spiro atoms. The van der Waals surface area contributed by atoms with Crippen molar-refractivity contribution in [2.24, 2.45) is 5.92 Å². The Kier molecular flexibility index (Phi) is 11.5. The summed E-state index contributed by atoms with van der Waals surface area (Å²) in [5.74, 6) is 1.34. The Morgan fingerprint density at radius 2 is 1.83 bits per heavy atom. The van der Waals surface area contributed by atoms with Crippen molar-refractivity contribution in [3.63, 3.8) is 0 Å². The number of carbonyl (C=O) groups excluding carboxylic acids is 1. The molecular formula is C17H29ClN2O3. The molecule has 23 heavy (non-hydrogen) atoms. The Balaban J connectivity index is 0.00000484. The van der Waals surface area contributed by atoms with Crippen LogP contribution < -0.4 is 15.4 Å². The molecule has 1 aromatic rings. The highest BCUT2D eigenvalue weighted by Crippen LogP contribution is 2.18. The zero-order valence-corrected chi connectivity index (χ0v) is 15.2. The van der Waals surface area contributed by atoms with Crippen molar-refractivity contribution in [2.75, 3.05) is 33.4 Å². The smallest absolute Gasteiger partial charge is 0.234 e. The fourth-order valence-electron chi connectivity index (χ4n) is 1.87. The third-order valence-corrected chi connectivity index (χ3v) is 3.11. The highest BCUT2D eigenvalue weighted by atomic mass is 35.5. The van der Waals surface area contributed by atoms with Crippen LogP contribution in [0.4, 0.5) is 0 Å². The van der Waals surface area contributed by atoms with E-state index in [1.54, 1.807) is 7.11 Å². The average Bonchev–Trinajstić information content (AvgIpc) is 2.50. The molecule has 0 saturated carbocycles. The van der Waals surface area contributed by atoms with Gasteiger partial charge < -0.3 is 20.1 Å². The van der Waals surface area contributed by atoms with Gasteiger partial charge in [-0.1, -0.05) is 26.0 Å². The van der Waals surface area contributed by atoms with Gasteiger partial charge in [0.1, 0.15) is 5.75 Å². The maximum absolute atomic E-state index is 11.8. The van der Waals surface area contributed by atoms with E-state index in [4.69, 9.17) is 9.47 Å². The lowest BCUT2D eigenvalue weighted by Gasteiger charge is -2.15.